The summed E-state index contributed by atoms with van der Waals surface area (Å²) in [5.41, 5.74) is 2.49. The summed E-state index contributed by atoms with van der Waals surface area (Å²) in [5, 5.41) is 3.43. The highest BCUT2D eigenvalue weighted by molar-refractivity contribution is 9.10. The van der Waals surface area contributed by atoms with Crippen molar-refractivity contribution >= 4 is 32.7 Å². The van der Waals surface area contributed by atoms with E-state index in [1.54, 1.807) is 0 Å². The van der Waals surface area contributed by atoms with Crippen molar-refractivity contribution in [1.82, 2.24) is 9.97 Å². The Morgan fingerprint density at radius 3 is 2.44 bits per heavy atom. The van der Waals surface area contributed by atoms with E-state index in [1.807, 2.05) is 12.1 Å². The molecule has 1 aromatic heterocycles. The lowest BCUT2D eigenvalue weighted by atomic mass is 10.0. The van der Waals surface area contributed by atoms with E-state index in [-0.39, 0.29) is 5.69 Å². The van der Waals surface area contributed by atoms with Gasteiger partial charge in [0.05, 0.1) is 16.7 Å². The first-order valence-electron chi connectivity index (χ1n) is 6.29. The van der Waals surface area contributed by atoms with Crippen LogP contribution in [0.15, 0.2) is 21.4 Å². The predicted molar refractivity (Wildman–Crippen MR) is 79.2 cm³/mol. The van der Waals surface area contributed by atoms with Crippen molar-refractivity contribution in [2.45, 2.75) is 26.7 Å². The molecule has 5 heteroatoms. The number of nitrogens with one attached hydrogen (secondary N) is 3. The van der Waals surface area contributed by atoms with Gasteiger partial charge in [-0.1, -0.05) is 26.7 Å². The average molecular weight is 312 g/mol. The Bertz CT molecular complexity index is 583. The number of hydrogen-bond donors (Lipinski definition) is 3. The maximum atomic E-state index is 11.2. The Kier molecular flexibility index (Phi) is 4.11. The molecule has 0 amide bonds. The fourth-order valence-corrected chi connectivity index (χ4v) is 2.51. The van der Waals surface area contributed by atoms with Gasteiger partial charge in [-0.2, -0.15) is 0 Å². The average Bonchev–Trinajstić information content (AvgIpc) is 2.69. The van der Waals surface area contributed by atoms with Crippen molar-refractivity contribution in [2.24, 2.45) is 5.92 Å². The number of H-pyrrole nitrogens is 2. The predicted octanol–water partition coefficient (Wildman–Crippen LogP) is 3.47. The lowest BCUT2D eigenvalue weighted by Crippen LogP contribution is -2.12. The first kappa shape index (κ1) is 13.2. The molecule has 0 aliphatic heterocycles. The molecule has 2 rings (SSSR count). The molecule has 3 N–H and O–H groups in total. The van der Waals surface area contributed by atoms with E-state index in [2.05, 4.69) is 45.1 Å². The number of halogens is 1. The number of aromatic nitrogens is 2. The number of aromatic amines is 2. The van der Waals surface area contributed by atoms with Crippen molar-refractivity contribution in [3.8, 4) is 0 Å². The number of imidazole rings is 1. The minimum Gasteiger partial charge on any atom is -0.384 e. The Morgan fingerprint density at radius 1 is 1.22 bits per heavy atom. The summed E-state index contributed by atoms with van der Waals surface area (Å²) in [6.07, 6.45) is 2.34. The fourth-order valence-electron chi connectivity index (χ4n) is 2.02. The Morgan fingerprint density at radius 2 is 1.83 bits per heavy atom. The highest BCUT2D eigenvalue weighted by atomic mass is 79.9. The number of benzene rings is 1. The summed E-state index contributed by atoms with van der Waals surface area (Å²) in [5.74, 6) is 0.679. The molecule has 0 fully saturated rings. The highest BCUT2D eigenvalue weighted by Crippen LogP contribution is 2.26. The molecule has 0 radical (unpaired) electrons. The van der Waals surface area contributed by atoms with Crippen LogP contribution in [0.4, 0.5) is 5.69 Å². The Hall–Kier alpha value is -1.23. The Labute approximate surface area is 114 Å². The molecule has 0 aliphatic carbocycles. The van der Waals surface area contributed by atoms with E-state index in [0.717, 1.165) is 27.7 Å². The van der Waals surface area contributed by atoms with Gasteiger partial charge in [-0.25, -0.2) is 4.79 Å². The maximum Gasteiger partial charge on any atom is 0.323 e. The second-order valence-corrected chi connectivity index (χ2v) is 5.37. The summed E-state index contributed by atoms with van der Waals surface area (Å²) >= 11 is 3.52. The number of fused-ring (bicyclic) bond motifs is 1. The van der Waals surface area contributed by atoms with Gasteiger partial charge in [0.25, 0.3) is 0 Å². The van der Waals surface area contributed by atoms with Crippen LogP contribution in [-0.2, 0) is 0 Å². The molecule has 1 aromatic carbocycles. The lowest BCUT2D eigenvalue weighted by Gasteiger charge is -2.15. The largest absolute Gasteiger partial charge is 0.384 e. The van der Waals surface area contributed by atoms with Gasteiger partial charge in [-0.05, 0) is 34.0 Å². The zero-order valence-corrected chi connectivity index (χ0v) is 12.2. The quantitative estimate of drug-likeness (QED) is 0.792. The third kappa shape index (κ3) is 2.77. The van der Waals surface area contributed by atoms with Crippen LogP contribution in [0.2, 0.25) is 0 Å². The van der Waals surface area contributed by atoms with Crippen molar-refractivity contribution in [3.05, 3.63) is 27.1 Å². The number of hydrogen-bond acceptors (Lipinski definition) is 2. The highest BCUT2D eigenvalue weighted by Gasteiger charge is 2.07. The van der Waals surface area contributed by atoms with E-state index in [0.29, 0.717) is 5.92 Å². The third-order valence-electron chi connectivity index (χ3n) is 3.34. The minimum atomic E-state index is -0.172. The number of anilines is 1. The maximum absolute atomic E-state index is 11.2. The molecule has 0 aliphatic rings. The van der Waals surface area contributed by atoms with Crippen LogP contribution in [0.1, 0.15) is 26.7 Å². The van der Waals surface area contributed by atoms with Crippen LogP contribution in [0, 0.1) is 5.92 Å². The van der Waals surface area contributed by atoms with Gasteiger partial charge in [0.1, 0.15) is 0 Å². The normalized spacial score (nSPS) is 11.3. The van der Waals surface area contributed by atoms with Crippen LogP contribution < -0.4 is 11.0 Å². The molecule has 98 valence electrons. The van der Waals surface area contributed by atoms with Gasteiger partial charge in [-0.15, -0.1) is 0 Å². The molecule has 0 saturated heterocycles. The van der Waals surface area contributed by atoms with Crippen LogP contribution >= 0.6 is 15.9 Å². The summed E-state index contributed by atoms with van der Waals surface area (Å²) in [4.78, 5) is 16.7. The van der Waals surface area contributed by atoms with Crippen LogP contribution in [0.5, 0.6) is 0 Å². The third-order valence-corrected chi connectivity index (χ3v) is 4.00. The molecule has 0 saturated carbocycles. The summed E-state index contributed by atoms with van der Waals surface area (Å²) in [6, 6.07) is 3.88. The van der Waals surface area contributed by atoms with Crippen molar-refractivity contribution in [3.63, 3.8) is 0 Å². The lowest BCUT2D eigenvalue weighted by molar-refractivity contribution is 0.519. The molecule has 2 aromatic rings. The van der Waals surface area contributed by atoms with Gasteiger partial charge in [0, 0.05) is 11.0 Å². The zero-order chi connectivity index (χ0) is 13.1. The molecule has 0 bridgehead atoms. The first-order chi connectivity index (χ1) is 8.63. The number of rotatable bonds is 5. The van der Waals surface area contributed by atoms with E-state index in [1.165, 1.54) is 12.8 Å². The van der Waals surface area contributed by atoms with Crippen molar-refractivity contribution < 1.29 is 0 Å². The van der Waals surface area contributed by atoms with Gasteiger partial charge >= 0.3 is 5.69 Å². The first-order valence-corrected chi connectivity index (χ1v) is 7.08. The van der Waals surface area contributed by atoms with Crippen molar-refractivity contribution in [2.75, 3.05) is 11.9 Å². The van der Waals surface area contributed by atoms with Gasteiger partial charge < -0.3 is 15.3 Å². The molecule has 4 nitrogen and oxygen atoms in total. The second-order valence-electron chi connectivity index (χ2n) is 4.52. The van der Waals surface area contributed by atoms with Gasteiger partial charge in [-0.3, -0.25) is 0 Å². The zero-order valence-electron chi connectivity index (χ0n) is 10.6. The van der Waals surface area contributed by atoms with Crippen LogP contribution in [0.25, 0.3) is 11.0 Å². The van der Waals surface area contributed by atoms with Crippen LogP contribution in [-0.4, -0.2) is 16.5 Å². The SMILES string of the molecule is CCC(CC)CNc1cc2[nH]c(=O)[nH]c2cc1Br. The molecular formula is C13H18BrN3O. The standard InChI is InChI=1S/C13H18BrN3O/c1-3-8(4-2)7-15-10-6-12-11(5-9(10)14)16-13(18)17-12/h5-6,8,15H,3-4,7H2,1-2H3,(H2,16,17,18). The summed E-state index contributed by atoms with van der Waals surface area (Å²) < 4.78 is 0.969. The monoisotopic (exact) mass is 311 g/mol. The molecule has 0 unspecified atom stereocenters. The van der Waals surface area contributed by atoms with E-state index < -0.39 is 0 Å². The topological polar surface area (TPSA) is 60.7 Å². The molecule has 0 spiro atoms. The van der Waals surface area contributed by atoms with E-state index in [4.69, 9.17) is 0 Å². The molecule has 18 heavy (non-hydrogen) atoms. The minimum absolute atomic E-state index is 0.172. The van der Waals surface area contributed by atoms with Crippen molar-refractivity contribution in [1.29, 1.82) is 0 Å². The molecular weight excluding hydrogens is 294 g/mol. The summed E-state index contributed by atoms with van der Waals surface area (Å²) in [6.45, 7) is 5.36. The van der Waals surface area contributed by atoms with Gasteiger partial charge in [0.15, 0.2) is 0 Å². The van der Waals surface area contributed by atoms with E-state index in [9.17, 15) is 4.79 Å². The fraction of sp³-hybridized carbons (Fsp3) is 0.462. The second kappa shape index (κ2) is 5.61. The van der Waals surface area contributed by atoms with Gasteiger partial charge in [0.2, 0.25) is 0 Å². The molecule has 0 atom stereocenters. The summed E-state index contributed by atoms with van der Waals surface area (Å²) in [7, 11) is 0. The smallest absolute Gasteiger partial charge is 0.323 e. The molecule has 1 heterocycles. The van der Waals surface area contributed by atoms with E-state index >= 15 is 0 Å². The van der Waals surface area contributed by atoms with Crippen LogP contribution in [0.3, 0.4) is 0 Å². The Balaban J connectivity index is 2.22.